The number of pyridine rings is 2. The summed E-state index contributed by atoms with van der Waals surface area (Å²) in [6, 6.07) is 2.12. The van der Waals surface area contributed by atoms with Crippen molar-refractivity contribution in [2.75, 3.05) is 24.1 Å². The van der Waals surface area contributed by atoms with Gasteiger partial charge in [0.05, 0.1) is 11.9 Å². The molecule has 0 radical (unpaired) electrons. The Kier molecular flexibility index (Phi) is 4.71. The summed E-state index contributed by atoms with van der Waals surface area (Å²) in [7, 11) is 0. The Bertz CT molecular complexity index is 683. The highest BCUT2D eigenvalue weighted by Crippen LogP contribution is 2.24. The molecule has 0 atom stereocenters. The van der Waals surface area contributed by atoms with E-state index in [9.17, 15) is 4.39 Å². The van der Waals surface area contributed by atoms with Gasteiger partial charge in [-0.25, -0.2) is 9.37 Å². The smallest absolute Gasteiger partial charge is 0.168 e. The van der Waals surface area contributed by atoms with Gasteiger partial charge in [-0.1, -0.05) is 0 Å². The van der Waals surface area contributed by atoms with Gasteiger partial charge in [-0.05, 0) is 55.6 Å². The minimum absolute atomic E-state index is 0.0582. The molecule has 0 aliphatic carbocycles. The Morgan fingerprint density at radius 1 is 1.30 bits per heavy atom. The zero-order chi connectivity index (χ0) is 16.2. The zero-order valence-electron chi connectivity index (χ0n) is 13.3. The van der Waals surface area contributed by atoms with Gasteiger partial charge in [-0.2, -0.15) is 0 Å². The number of halogens is 1. The highest BCUT2D eigenvalue weighted by molar-refractivity contribution is 5.53. The van der Waals surface area contributed by atoms with Crippen LogP contribution in [0.3, 0.4) is 0 Å². The van der Waals surface area contributed by atoms with Crippen LogP contribution in [0.5, 0.6) is 0 Å². The largest absolute Gasteiger partial charge is 0.381 e. The quantitative estimate of drug-likeness (QED) is 0.807. The molecular weight excluding hydrogens is 293 g/mol. The molecule has 2 aromatic heterocycles. The third-order valence-electron chi connectivity index (χ3n) is 4.40. The van der Waals surface area contributed by atoms with E-state index >= 15 is 0 Å². The molecule has 3 rings (SSSR count). The van der Waals surface area contributed by atoms with Gasteiger partial charge in [0.25, 0.3) is 0 Å². The van der Waals surface area contributed by atoms with Crippen molar-refractivity contribution in [1.29, 1.82) is 0 Å². The summed E-state index contributed by atoms with van der Waals surface area (Å²) in [5, 5.41) is 6.92. The average Bonchev–Trinajstić information content (AvgIpc) is 2.56. The second kappa shape index (κ2) is 6.91. The number of nitrogens with one attached hydrogen (secondary N) is 2. The maximum atomic E-state index is 14.1. The lowest BCUT2D eigenvalue weighted by atomic mass is 10.0. The lowest BCUT2D eigenvalue weighted by molar-refractivity contribution is 0.479. The first kappa shape index (κ1) is 15.7. The summed E-state index contributed by atoms with van der Waals surface area (Å²) in [5.41, 5.74) is 9.21. The molecule has 1 fully saturated rings. The van der Waals surface area contributed by atoms with E-state index in [4.69, 9.17) is 5.73 Å². The van der Waals surface area contributed by atoms with Gasteiger partial charge >= 0.3 is 0 Å². The number of hydrogen-bond donors (Lipinski definition) is 3. The molecule has 0 unspecified atom stereocenters. The number of piperidine rings is 1. The molecule has 0 spiro atoms. The van der Waals surface area contributed by atoms with Crippen molar-refractivity contribution in [2.24, 2.45) is 0 Å². The first-order chi connectivity index (χ1) is 11.1. The fourth-order valence-corrected chi connectivity index (χ4v) is 2.92. The molecule has 0 aromatic carbocycles. The number of hydrogen-bond acceptors (Lipinski definition) is 5. The van der Waals surface area contributed by atoms with E-state index < -0.39 is 5.82 Å². The van der Waals surface area contributed by atoms with Crippen molar-refractivity contribution in [3.63, 3.8) is 0 Å². The number of nitrogen functional groups attached to an aromatic ring is 1. The van der Waals surface area contributed by atoms with Crippen molar-refractivity contribution >= 4 is 11.5 Å². The molecule has 4 N–H and O–H groups in total. The molecule has 0 amide bonds. The molecule has 23 heavy (non-hydrogen) atoms. The lowest BCUT2D eigenvalue weighted by Gasteiger charge is -2.25. The molecule has 1 aliphatic heterocycles. The van der Waals surface area contributed by atoms with E-state index in [1.807, 2.05) is 13.1 Å². The van der Waals surface area contributed by atoms with Crippen molar-refractivity contribution in [3.8, 4) is 0 Å². The van der Waals surface area contributed by atoms with Gasteiger partial charge < -0.3 is 16.4 Å². The van der Waals surface area contributed by atoms with Crippen LogP contribution >= 0.6 is 0 Å². The van der Waals surface area contributed by atoms with Crippen LogP contribution in [0.25, 0.3) is 0 Å². The van der Waals surface area contributed by atoms with E-state index in [-0.39, 0.29) is 5.82 Å². The van der Waals surface area contributed by atoms with Gasteiger partial charge in [-0.15, -0.1) is 0 Å². The van der Waals surface area contributed by atoms with E-state index in [1.165, 1.54) is 6.20 Å². The molecule has 5 nitrogen and oxygen atoms in total. The second-order valence-corrected chi connectivity index (χ2v) is 5.99. The third kappa shape index (κ3) is 3.59. The number of anilines is 2. The van der Waals surface area contributed by atoms with Crippen LogP contribution in [0.2, 0.25) is 0 Å². The maximum absolute atomic E-state index is 14.1. The van der Waals surface area contributed by atoms with Gasteiger partial charge in [0.1, 0.15) is 0 Å². The Morgan fingerprint density at radius 3 is 2.87 bits per heavy atom. The summed E-state index contributed by atoms with van der Waals surface area (Å²) in [5.74, 6) is -0.499. The fourth-order valence-electron chi connectivity index (χ4n) is 2.92. The summed E-state index contributed by atoms with van der Waals surface area (Å²) in [6.45, 7) is 4.11. The Hall–Kier alpha value is -2.21. The van der Waals surface area contributed by atoms with Crippen LogP contribution in [0.4, 0.5) is 15.9 Å². The first-order valence-electron chi connectivity index (χ1n) is 7.94. The summed E-state index contributed by atoms with van der Waals surface area (Å²) >= 11 is 0. The fraction of sp³-hybridized carbons (Fsp3) is 0.412. The lowest BCUT2D eigenvalue weighted by Crippen LogP contribution is -2.35. The van der Waals surface area contributed by atoms with E-state index in [1.54, 1.807) is 12.3 Å². The Morgan fingerprint density at radius 2 is 2.09 bits per heavy atom. The Labute approximate surface area is 135 Å². The molecule has 6 heteroatoms. The predicted molar refractivity (Wildman–Crippen MR) is 89.9 cm³/mol. The summed E-state index contributed by atoms with van der Waals surface area (Å²) < 4.78 is 14.1. The molecule has 2 aromatic rings. The van der Waals surface area contributed by atoms with Crippen molar-refractivity contribution in [3.05, 3.63) is 47.2 Å². The predicted octanol–water partition coefficient (Wildman–Crippen LogP) is 2.26. The Balaban J connectivity index is 1.80. The molecule has 3 heterocycles. The topological polar surface area (TPSA) is 75.9 Å². The highest BCUT2D eigenvalue weighted by Gasteiger charge is 2.15. The van der Waals surface area contributed by atoms with Gasteiger partial charge in [0.2, 0.25) is 0 Å². The molecule has 0 saturated carbocycles. The monoisotopic (exact) mass is 315 g/mol. The first-order valence-corrected chi connectivity index (χ1v) is 7.94. The molecule has 1 aliphatic rings. The van der Waals surface area contributed by atoms with E-state index in [0.29, 0.717) is 18.0 Å². The second-order valence-electron chi connectivity index (χ2n) is 5.99. The van der Waals surface area contributed by atoms with Crippen LogP contribution in [-0.4, -0.2) is 29.1 Å². The third-order valence-corrected chi connectivity index (χ3v) is 4.40. The molecule has 0 bridgehead atoms. The normalized spacial score (nSPS) is 15.6. The molecular formula is C17H22FN5. The maximum Gasteiger partial charge on any atom is 0.168 e. The summed E-state index contributed by atoms with van der Waals surface area (Å²) in [4.78, 5) is 8.08. The summed E-state index contributed by atoms with van der Waals surface area (Å²) in [6.07, 6.45) is 7.82. The van der Waals surface area contributed by atoms with E-state index in [2.05, 4.69) is 20.6 Å². The zero-order valence-corrected chi connectivity index (χ0v) is 13.3. The van der Waals surface area contributed by atoms with Crippen LogP contribution in [0.15, 0.2) is 24.7 Å². The van der Waals surface area contributed by atoms with Crippen LogP contribution in [0, 0.1) is 12.7 Å². The average molecular weight is 315 g/mol. The van der Waals surface area contributed by atoms with Gasteiger partial charge in [0.15, 0.2) is 11.6 Å². The van der Waals surface area contributed by atoms with E-state index in [0.717, 1.165) is 42.7 Å². The van der Waals surface area contributed by atoms with Crippen LogP contribution in [0.1, 0.15) is 29.5 Å². The molecule has 1 saturated heterocycles. The van der Waals surface area contributed by atoms with Gasteiger partial charge in [-0.3, -0.25) is 4.98 Å². The number of aromatic nitrogens is 2. The molecule has 122 valence electrons. The SMILES string of the molecule is Cc1c(Cc2ccnc(N)c2F)cncc1NC1CCNCC1. The number of rotatable bonds is 4. The van der Waals surface area contributed by atoms with Crippen LogP contribution < -0.4 is 16.4 Å². The van der Waals surface area contributed by atoms with Crippen LogP contribution in [-0.2, 0) is 6.42 Å². The number of nitrogens with two attached hydrogens (primary N) is 1. The van der Waals surface area contributed by atoms with Crippen molar-refractivity contribution < 1.29 is 4.39 Å². The number of nitrogens with zero attached hydrogens (tertiary/aromatic N) is 2. The van der Waals surface area contributed by atoms with Crippen molar-refractivity contribution in [2.45, 2.75) is 32.2 Å². The minimum atomic E-state index is -0.441. The highest BCUT2D eigenvalue weighted by atomic mass is 19.1. The van der Waals surface area contributed by atoms with Crippen molar-refractivity contribution in [1.82, 2.24) is 15.3 Å². The standard InChI is InChI=1S/C17H22FN5/c1-11-13(8-12-2-7-22-17(19)16(12)18)9-21-10-15(11)23-14-3-5-20-6-4-14/h2,7,9-10,14,20,23H,3-6,8H2,1H3,(H2,19,22). The van der Waals surface area contributed by atoms with Gasteiger partial charge in [0, 0.05) is 24.9 Å². The minimum Gasteiger partial charge on any atom is -0.381 e.